The van der Waals surface area contributed by atoms with Crippen LogP contribution >= 0.6 is 0 Å². The quantitative estimate of drug-likeness (QED) is 0.444. The molecule has 0 heteroatoms. The van der Waals surface area contributed by atoms with E-state index in [-0.39, 0.29) is 0 Å². The first-order valence-corrected chi connectivity index (χ1v) is 8.39. The summed E-state index contributed by atoms with van der Waals surface area (Å²) in [4.78, 5) is 0. The molecule has 1 fully saturated rings. The first-order chi connectivity index (χ1) is 9.40. The lowest BCUT2D eigenvalue weighted by molar-refractivity contribution is 0.00338. The Morgan fingerprint density at radius 2 is 1.60 bits per heavy atom. The van der Waals surface area contributed by atoms with Crippen LogP contribution in [0.2, 0.25) is 0 Å². The zero-order chi connectivity index (χ0) is 14.8. The Morgan fingerprint density at radius 1 is 1.00 bits per heavy atom. The largest absolute Gasteiger partial charge is 0.0996 e. The molecule has 0 aliphatic heterocycles. The van der Waals surface area contributed by atoms with Gasteiger partial charge in [-0.15, -0.1) is 0 Å². The van der Waals surface area contributed by atoms with E-state index in [1.807, 2.05) is 0 Å². The van der Waals surface area contributed by atoms with Crippen molar-refractivity contribution in [2.75, 3.05) is 0 Å². The minimum Gasteiger partial charge on any atom is -0.0996 e. The van der Waals surface area contributed by atoms with Crippen molar-refractivity contribution >= 4 is 0 Å². The molecular formula is C20H32. The minimum atomic E-state index is 0.528. The monoisotopic (exact) mass is 272 g/mol. The highest BCUT2D eigenvalue weighted by Crippen LogP contribution is 2.56. The van der Waals surface area contributed by atoms with Crippen molar-refractivity contribution < 1.29 is 0 Å². The number of fused-ring (bicyclic) bond motifs is 1. The molecule has 0 spiro atoms. The zero-order valence-electron chi connectivity index (χ0n) is 14.0. The third-order valence-corrected chi connectivity index (χ3v) is 5.60. The Kier molecular flexibility index (Phi) is 4.94. The number of rotatable bonds is 0. The molecule has 0 N–H and O–H groups in total. The summed E-state index contributed by atoms with van der Waals surface area (Å²) in [6.07, 6.45) is 13.7. The van der Waals surface area contributed by atoms with Gasteiger partial charge in [0.05, 0.1) is 0 Å². The maximum absolute atomic E-state index is 4.41. The summed E-state index contributed by atoms with van der Waals surface area (Å²) >= 11 is 0. The molecule has 20 heavy (non-hydrogen) atoms. The van der Waals surface area contributed by atoms with Gasteiger partial charge in [-0.3, -0.25) is 0 Å². The van der Waals surface area contributed by atoms with Gasteiger partial charge in [-0.2, -0.15) is 0 Å². The molecular weight excluding hydrogens is 240 g/mol. The summed E-state index contributed by atoms with van der Waals surface area (Å²) in [5, 5.41) is 0. The standard InChI is InChI=1S/C20H32/c1-15-8-6-9-16(2)12-13-19-18(14-20(19,4)5)17(3)11-7-10-15/h9-10,18-19H,3,6-8,11-14H2,1-2,4-5H3/b15-10+,16-9+/t18-,19-/m1/s1. The second-order valence-electron chi connectivity index (χ2n) is 7.78. The molecule has 2 rings (SSSR count). The van der Waals surface area contributed by atoms with Gasteiger partial charge in [-0.25, -0.2) is 0 Å². The van der Waals surface area contributed by atoms with Crippen LogP contribution in [0.3, 0.4) is 0 Å². The Morgan fingerprint density at radius 3 is 2.25 bits per heavy atom. The summed E-state index contributed by atoms with van der Waals surface area (Å²) in [6, 6.07) is 0. The van der Waals surface area contributed by atoms with E-state index in [9.17, 15) is 0 Å². The highest BCUT2D eigenvalue weighted by molar-refractivity contribution is 5.15. The SMILES string of the molecule is C=C1CC/C=C(\C)CC/C=C(\C)CC[C@@H]2[C@@H]1CC2(C)C. The predicted molar refractivity (Wildman–Crippen MR) is 89.7 cm³/mol. The van der Waals surface area contributed by atoms with Gasteiger partial charge < -0.3 is 0 Å². The summed E-state index contributed by atoms with van der Waals surface area (Å²) < 4.78 is 0. The molecule has 0 radical (unpaired) electrons. The average Bonchev–Trinajstić information content (AvgIpc) is 2.36. The van der Waals surface area contributed by atoms with Gasteiger partial charge in [0, 0.05) is 0 Å². The fraction of sp³-hybridized carbons (Fsp3) is 0.700. The number of allylic oxidation sites excluding steroid dienone is 5. The van der Waals surface area contributed by atoms with Crippen LogP contribution in [0.4, 0.5) is 0 Å². The molecule has 0 unspecified atom stereocenters. The van der Waals surface area contributed by atoms with Crippen LogP contribution in [0.15, 0.2) is 35.5 Å². The van der Waals surface area contributed by atoms with E-state index < -0.39 is 0 Å². The van der Waals surface area contributed by atoms with Gasteiger partial charge >= 0.3 is 0 Å². The molecule has 1 saturated carbocycles. The summed E-state index contributed by atoms with van der Waals surface area (Å²) in [6.45, 7) is 13.9. The maximum atomic E-state index is 4.41. The zero-order valence-corrected chi connectivity index (χ0v) is 14.0. The second-order valence-corrected chi connectivity index (χ2v) is 7.78. The summed E-state index contributed by atoms with van der Waals surface area (Å²) in [5.74, 6) is 1.64. The van der Waals surface area contributed by atoms with Crippen molar-refractivity contribution in [3.63, 3.8) is 0 Å². The maximum Gasteiger partial charge on any atom is -0.0167 e. The lowest BCUT2D eigenvalue weighted by atomic mass is 9.52. The Bertz CT molecular complexity index is 419. The van der Waals surface area contributed by atoms with E-state index in [0.29, 0.717) is 5.41 Å². The van der Waals surface area contributed by atoms with Gasteiger partial charge in [0.2, 0.25) is 0 Å². The van der Waals surface area contributed by atoms with Crippen molar-refractivity contribution in [2.24, 2.45) is 17.3 Å². The number of hydrogen-bond donors (Lipinski definition) is 0. The molecule has 0 saturated heterocycles. The topological polar surface area (TPSA) is 0 Å². The van der Waals surface area contributed by atoms with E-state index in [1.165, 1.54) is 50.5 Å². The molecule has 0 aromatic heterocycles. The third-order valence-electron chi connectivity index (χ3n) is 5.60. The molecule has 0 amide bonds. The van der Waals surface area contributed by atoms with Crippen LogP contribution in [0.1, 0.15) is 72.6 Å². The molecule has 2 aliphatic carbocycles. The van der Waals surface area contributed by atoms with Crippen molar-refractivity contribution in [1.29, 1.82) is 0 Å². The normalized spacial score (nSPS) is 36.9. The van der Waals surface area contributed by atoms with Crippen LogP contribution in [-0.2, 0) is 0 Å². The van der Waals surface area contributed by atoms with Gasteiger partial charge in [-0.05, 0) is 76.0 Å². The molecule has 112 valence electrons. The van der Waals surface area contributed by atoms with E-state index in [4.69, 9.17) is 0 Å². The van der Waals surface area contributed by atoms with Gasteiger partial charge in [0.25, 0.3) is 0 Å². The van der Waals surface area contributed by atoms with Crippen LogP contribution in [-0.4, -0.2) is 0 Å². The van der Waals surface area contributed by atoms with Crippen LogP contribution < -0.4 is 0 Å². The molecule has 2 atom stereocenters. The van der Waals surface area contributed by atoms with E-state index in [2.05, 4.69) is 46.4 Å². The minimum absolute atomic E-state index is 0.528. The molecule has 0 nitrogen and oxygen atoms in total. The summed E-state index contributed by atoms with van der Waals surface area (Å²) in [7, 11) is 0. The Labute approximate surface area is 126 Å². The van der Waals surface area contributed by atoms with Crippen molar-refractivity contribution in [2.45, 2.75) is 72.6 Å². The fourth-order valence-corrected chi connectivity index (χ4v) is 4.09. The second kappa shape index (κ2) is 6.33. The van der Waals surface area contributed by atoms with E-state index in [0.717, 1.165) is 11.8 Å². The third kappa shape index (κ3) is 3.65. The molecule has 0 aromatic rings. The summed E-state index contributed by atoms with van der Waals surface area (Å²) in [5.41, 5.74) is 5.18. The van der Waals surface area contributed by atoms with E-state index >= 15 is 0 Å². The van der Waals surface area contributed by atoms with Crippen LogP contribution in [0.5, 0.6) is 0 Å². The smallest absolute Gasteiger partial charge is 0.0167 e. The highest BCUT2D eigenvalue weighted by Gasteiger charge is 2.47. The van der Waals surface area contributed by atoms with Crippen molar-refractivity contribution in [1.82, 2.24) is 0 Å². The average molecular weight is 272 g/mol. The van der Waals surface area contributed by atoms with Gasteiger partial charge in [-0.1, -0.05) is 49.3 Å². The fourth-order valence-electron chi connectivity index (χ4n) is 4.09. The van der Waals surface area contributed by atoms with Crippen molar-refractivity contribution in [3.8, 4) is 0 Å². The Hall–Kier alpha value is -0.780. The highest BCUT2D eigenvalue weighted by atomic mass is 14.5. The van der Waals surface area contributed by atoms with Gasteiger partial charge in [0.15, 0.2) is 0 Å². The first-order valence-electron chi connectivity index (χ1n) is 8.39. The lowest BCUT2D eigenvalue weighted by Gasteiger charge is -2.53. The molecule has 2 aliphatic rings. The molecule has 0 heterocycles. The van der Waals surface area contributed by atoms with Crippen LogP contribution in [0.25, 0.3) is 0 Å². The molecule has 0 aromatic carbocycles. The van der Waals surface area contributed by atoms with Crippen LogP contribution in [0, 0.1) is 17.3 Å². The lowest BCUT2D eigenvalue weighted by Crippen LogP contribution is -2.44. The predicted octanol–water partition coefficient (Wildman–Crippen LogP) is 6.45. The number of hydrogen-bond acceptors (Lipinski definition) is 0. The van der Waals surface area contributed by atoms with Gasteiger partial charge in [0.1, 0.15) is 0 Å². The van der Waals surface area contributed by atoms with Crippen molar-refractivity contribution in [3.05, 3.63) is 35.5 Å². The Balaban J connectivity index is 2.10. The van der Waals surface area contributed by atoms with E-state index in [1.54, 1.807) is 11.1 Å². The molecule has 0 bridgehead atoms. The first kappa shape index (κ1) is 15.6.